The van der Waals surface area contributed by atoms with Gasteiger partial charge in [-0.2, -0.15) is 5.26 Å². The van der Waals surface area contributed by atoms with Gasteiger partial charge in [0.15, 0.2) is 0 Å². The Morgan fingerprint density at radius 2 is 2.25 bits per heavy atom. The quantitative estimate of drug-likeness (QED) is 0.692. The molecule has 0 amide bonds. The van der Waals surface area contributed by atoms with Crippen molar-refractivity contribution in [3.63, 3.8) is 0 Å². The summed E-state index contributed by atoms with van der Waals surface area (Å²) in [5, 5.41) is 8.36. The van der Waals surface area contributed by atoms with Gasteiger partial charge < -0.3 is 5.73 Å². The van der Waals surface area contributed by atoms with Crippen molar-refractivity contribution in [3.05, 3.63) is 23.4 Å². The molecule has 1 heterocycles. The molecule has 0 aliphatic rings. The van der Waals surface area contributed by atoms with Crippen molar-refractivity contribution in [2.75, 3.05) is 5.73 Å². The molecular formula is C7H5F2N3. The molecule has 0 atom stereocenters. The highest BCUT2D eigenvalue weighted by atomic mass is 19.3. The first-order valence-electron chi connectivity index (χ1n) is 3.09. The molecule has 0 aliphatic carbocycles. The standard InChI is InChI=1S/C7H5F2N3/c8-6(9)5-1-4(2-10)3-12-7(5)11/h1,3,6H,(H2,11,12). The minimum Gasteiger partial charge on any atom is -0.383 e. The predicted octanol–water partition coefficient (Wildman–Crippen LogP) is 1.47. The van der Waals surface area contributed by atoms with Crippen molar-refractivity contribution in [1.82, 2.24) is 4.98 Å². The highest BCUT2D eigenvalue weighted by Crippen LogP contribution is 2.23. The molecule has 0 radical (unpaired) electrons. The first-order valence-corrected chi connectivity index (χ1v) is 3.09. The zero-order valence-corrected chi connectivity index (χ0v) is 5.96. The SMILES string of the molecule is N#Cc1cnc(N)c(C(F)F)c1. The number of alkyl halides is 2. The summed E-state index contributed by atoms with van der Waals surface area (Å²) in [4.78, 5) is 3.45. The molecule has 12 heavy (non-hydrogen) atoms. The van der Waals surface area contributed by atoms with Gasteiger partial charge in [0, 0.05) is 6.20 Å². The number of nitrogen functional groups attached to an aromatic ring is 1. The zero-order chi connectivity index (χ0) is 9.14. The normalized spacial score (nSPS) is 9.83. The lowest BCUT2D eigenvalue weighted by Gasteiger charge is -2.02. The molecule has 2 N–H and O–H groups in total. The lowest BCUT2D eigenvalue weighted by atomic mass is 10.2. The van der Waals surface area contributed by atoms with Crippen LogP contribution in [0.1, 0.15) is 17.6 Å². The largest absolute Gasteiger partial charge is 0.383 e. The number of nitriles is 1. The maximum atomic E-state index is 12.1. The smallest absolute Gasteiger partial charge is 0.267 e. The monoisotopic (exact) mass is 169 g/mol. The molecule has 62 valence electrons. The Labute approximate surface area is 67.4 Å². The molecule has 0 bridgehead atoms. The number of aromatic nitrogens is 1. The summed E-state index contributed by atoms with van der Waals surface area (Å²) in [6.07, 6.45) is -1.54. The van der Waals surface area contributed by atoms with Crippen LogP contribution >= 0.6 is 0 Å². The summed E-state index contributed by atoms with van der Waals surface area (Å²) in [6, 6.07) is 2.73. The molecule has 0 unspecified atom stereocenters. The molecule has 0 saturated heterocycles. The first kappa shape index (κ1) is 8.40. The van der Waals surface area contributed by atoms with E-state index in [0.717, 1.165) is 12.3 Å². The van der Waals surface area contributed by atoms with Gasteiger partial charge in [0.1, 0.15) is 11.9 Å². The molecule has 1 rings (SSSR count). The van der Waals surface area contributed by atoms with Gasteiger partial charge in [-0.3, -0.25) is 0 Å². The van der Waals surface area contributed by atoms with E-state index in [0.29, 0.717) is 0 Å². The van der Waals surface area contributed by atoms with E-state index in [-0.39, 0.29) is 11.4 Å². The fraction of sp³-hybridized carbons (Fsp3) is 0.143. The number of nitrogens with two attached hydrogens (primary N) is 1. The van der Waals surface area contributed by atoms with Crippen LogP contribution in [0.25, 0.3) is 0 Å². The van der Waals surface area contributed by atoms with Gasteiger partial charge in [-0.05, 0) is 6.07 Å². The van der Waals surface area contributed by atoms with Crippen LogP contribution in [0.3, 0.4) is 0 Å². The molecular weight excluding hydrogens is 164 g/mol. The molecule has 3 nitrogen and oxygen atoms in total. The van der Waals surface area contributed by atoms with Gasteiger partial charge in [0.05, 0.1) is 11.1 Å². The number of halogens is 2. The van der Waals surface area contributed by atoms with Crippen molar-refractivity contribution in [3.8, 4) is 6.07 Å². The average Bonchev–Trinajstić information content (AvgIpc) is 2.05. The summed E-state index contributed by atoms with van der Waals surface area (Å²) >= 11 is 0. The van der Waals surface area contributed by atoms with Crippen molar-refractivity contribution in [1.29, 1.82) is 5.26 Å². The number of nitrogens with zero attached hydrogens (tertiary/aromatic N) is 2. The van der Waals surface area contributed by atoms with Crippen LogP contribution in [0.2, 0.25) is 0 Å². The third kappa shape index (κ3) is 1.48. The molecule has 5 heteroatoms. The van der Waals surface area contributed by atoms with Gasteiger partial charge in [-0.25, -0.2) is 13.8 Å². The Morgan fingerprint density at radius 3 is 2.75 bits per heavy atom. The van der Waals surface area contributed by atoms with E-state index < -0.39 is 12.0 Å². The van der Waals surface area contributed by atoms with E-state index in [2.05, 4.69) is 4.98 Å². The van der Waals surface area contributed by atoms with Crippen molar-refractivity contribution in [2.45, 2.75) is 6.43 Å². The Kier molecular flexibility index (Phi) is 2.19. The molecule has 0 saturated carbocycles. The van der Waals surface area contributed by atoms with Crippen LogP contribution in [0, 0.1) is 11.3 Å². The van der Waals surface area contributed by atoms with Gasteiger partial charge in [-0.15, -0.1) is 0 Å². The summed E-state index contributed by atoms with van der Waals surface area (Å²) in [5.74, 6) is -0.232. The lowest BCUT2D eigenvalue weighted by molar-refractivity contribution is 0.152. The fourth-order valence-corrected chi connectivity index (χ4v) is 0.728. The molecule has 0 aliphatic heterocycles. The van der Waals surface area contributed by atoms with Crippen LogP contribution in [0.5, 0.6) is 0 Å². The van der Waals surface area contributed by atoms with Gasteiger partial charge in [-0.1, -0.05) is 0 Å². The van der Waals surface area contributed by atoms with Crippen molar-refractivity contribution in [2.24, 2.45) is 0 Å². The minimum atomic E-state index is -2.69. The van der Waals surface area contributed by atoms with E-state index in [9.17, 15) is 8.78 Å². The number of hydrogen-bond donors (Lipinski definition) is 1. The maximum absolute atomic E-state index is 12.1. The van der Waals surface area contributed by atoms with Crippen molar-refractivity contribution >= 4 is 5.82 Å². The molecule has 1 aromatic rings. The second-order valence-corrected chi connectivity index (χ2v) is 2.11. The van der Waals surface area contributed by atoms with Crippen LogP contribution in [0.15, 0.2) is 12.3 Å². The Balaban J connectivity index is 3.19. The Morgan fingerprint density at radius 1 is 1.58 bits per heavy atom. The van der Waals surface area contributed by atoms with Gasteiger partial charge in [0.2, 0.25) is 0 Å². The number of hydrogen-bond acceptors (Lipinski definition) is 3. The first-order chi connectivity index (χ1) is 5.65. The van der Waals surface area contributed by atoms with Crippen LogP contribution < -0.4 is 5.73 Å². The second kappa shape index (κ2) is 3.13. The Hall–Kier alpha value is -1.70. The predicted molar refractivity (Wildman–Crippen MR) is 38.3 cm³/mol. The van der Waals surface area contributed by atoms with E-state index in [1.54, 1.807) is 6.07 Å². The van der Waals surface area contributed by atoms with E-state index >= 15 is 0 Å². The van der Waals surface area contributed by atoms with E-state index in [1.807, 2.05) is 0 Å². The number of pyridine rings is 1. The van der Waals surface area contributed by atoms with E-state index in [4.69, 9.17) is 11.0 Å². The van der Waals surface area contributed by atoms with Gasteiger partial charge in [0.25, 0.3) is 6.43 Å². The van der Waals surface area contributed by atoms with Crippen LogP contribution in [-0.2, 0) is 0 Å². The second-order valence-electron chi connectivity index (χ2n) is 2.11. The summed E-state index contributed by atoms with van der Waals surface area (Å²) in [5.41, 5.74) is 4.83. The molecule has 0 aromatic carbocycles. The maximum Gasteiger partial charge on any atom is 0.267 e. The number of anilines is 1. The average molecular weight is 169 g/mol. The molecule has 1 aromatic heterocycles. The van der Waals surface area contributed by atoms with Crippen LogP contribution in [0.4, 0.5) is 14.6 Å². The van der Waals surface area contributed by atoms with E-state index in [1.165, 1.54) is 0 Å². The lowest BCUT2D eigenvalue weighted by Crippen LogP contribution is -1.98. The summed E-state index contributed by atoms with van der Waals surface area (Å²) in [6.45, 7) is 0. The summed E-state index contributed by atoms with van der Waals surface area (Å²) in [7, 11) is 0. The van der Waals surface area contributed by atoms with Gasteiger partial charge >= 0.3 is 0 Å². The fourth-order valence-electron chi connectivity index (χ4n) is 0.728. The van der Waals surface area contributed by atoms with Crippen molar-refractivity contribution < 1.29 is 8.78 Å². The summed E-state index contributed by atoms with van der Waals surface area (Å²) < 4.78 is 24.2. The number of rotatable bonds is 1. The minimum absolute atomic E-state index is 0.0829. The third-order valence-corrected chi connectivity index (χ3v) is 1.31. The molecule has 0 spiro atoms. The highest BCUT2D eigenvalue weighted by molar-refractivity contribution is 5.44. The molecule has 0 fully saturated rings. The topological polar surface area (TPSA) is 62.7 Å². The Bertz CT molecular complexity index is 330. The highest BCUT2D eigenvalue weighted by Gasteiger charge is 2.12. The van der Waals surface area contributed by atoms with Crippen LogP contribution in [-0.4, -0.2) is 4.98 Å². The zero-order valence-electron chi connectivity index (χ0n) is 5.96. The third-order valence-electron chi connectivity index (χ3n) is 1.31.